The van der Waals surface area contributed by atoms with Gasteiger partial charge in [-0.05, 0) is 69.4 Å². The molecule has 4 aromatic carbocycles. The van der Waals surface area contributed by atoms with Crippen molar-refractivity contribution < 1.29 is 128 Å². The number of aromatic nitrogens is 4. The maximum atomic E-state index is 11.7. The van der Waals surface area contributed by atoms with E-state index >= 15 is 0 Å². The van der Waals surface area contributed by atoms with Crippen LogP contribution < -0.4 is 30.6 Å². The summed E-state index contributed by atoms with van der Waals surface area (Å²) in [5.74, 6) is -3.51. The van der Waals surface area contributed by atoms with Gasteiger partial charge in [-0.3, -0.25) is 9.97 Å². The fraction of sp³-hybridized carbons (Fsp3) is 0. The smallest absolute Gasteiger partial charge is 0.871 e. The van der Waals surface area contributed by atoms with E-state index < -0.39 is 23.7 Å². The monoisotopic (exact) mass is 1190 g/mol. The van der Waals surface area contributed by atoms with Crippen LogP contribution in [-0.2, 0) is 11.0 Å². The third-order valence-electron chi connectivity index (χ3n) is 7.96. The summed E-state index contributed by atoms with van der Waals surface area (Å²) in [7, 11) is 0. The van der Waals surface area contributed by atoms with Crippen molar-refractivity contribution in [2.45, 2.75) is 0 Å². The number of carbonyl (C=O) groups excluding carboxylic acids is 2. The van der Waals surface area contributed by atoms with Crippen molar-refractivity contribution in [3.8, 4) is 11.5 Å². The molecule has 0 spiro atoms. The molecule has 0 saturated carbocycles. The summed E-state index contributed by atoms with van der Waals surface area (Å²) in [6, 6.07) is 39.2. The zero-order valence-electron chi connectivity index (χ0n) is 34.0. The van der Waals surface area contributed by atoms with E-state index in [0.29, 0.717) is 33.5 Å². The van der Waals surface area contributed by atoms with E-state index in [9.17, 15) is 40.2 Å². The number of rotatable bonds is 8. The van der Waals surface area contributed by atoms with E-state index in [0.717, 1.165) is 10.8 Å². The minimum Gasteiger partial charge on any atom is -0.871 e. The molecular formula is C46H36Dy2N8O10+2. The Balaban J connectivity index is 0.000000464. The van der Waals surface area contributed by atoms with Gasteiger partial charge in [0.15, 0.2) is 0 Å². The second-order valence-corrected chi connectivity index (χ2v) is 12.2. The molecule has 0 aliphatic carbocycles. The van der Waals surface area contributed by atoms with Crippen LogP contribution in [0.1, 0.15) is 43.2 Å². The number of carbonyl (C=O) groups is 2. The Morgan fingerprint density at radius 3 is 1.09 bits per heavy atom. The molecule has 4 heterocycles. The van der Waals surface area contributed by atoms with Crippen molar-refractivity contribution in [3.05, 3.63) is 204 Å². The summed E-state index contributed by atoms with van der Waals surface area (Å²) in [5, 5.41) is 83.2. The SMILES string of the molecule is O=C([O-])c1ccccc1.O=C([O-])c1ccccc1.[Dy+3].[Dy+3].[O-]/C(=N\N=C\c1ccc2cccc([O-])c2n1)c1ccncc1.[O-]/C(=N\N=C\c1ccc2cccc([O-])c2n1)c1ccncc1.[OH3+].[OH3+]. The first kappa shape index (κ1) is 57.3. The molecule has 18 nitrogen and oxygen atoms in total. The van der Waals surface area contributed by atoms with E-state index in [1.807, 2.05) is 12.1 Å². The number of aromatic carboxylic acids is 2. The van der Waals surface area contributed by atoms with Crippen molar-refractivity contribution in [3.63, 3.8) is 0 Å². The number of pyridine rings is 4. The number of hydrogen-bond donors (Lipinski definition) is 0. The molecule has 8 aromatic rings. The fourth-order valence-corrected chi connectivity index (χ4v) is 4.95. The average molecular weight is 1190 g/mol. The van der Waals surface area contributed by atoms with Crippen molar-refractivity contribution in [2.75, 3.05) is 0 Å². The molecule has 0 bridgehead atoms. The second kappa shape index (κ2) is 30.4. The van der Waals surface area contributed by atoms with Gasteiger partial charge in [-0.15, -0.1) is 0 Å². The Morgan fingerprint density at radius 2 is 0.773 bits per heavy atom. The zero-order chi connectivity index (χ0) is 44.1. The summed E-state index contributed by atoms with van der Waals surface area (Å²) in [5.41, 5.74) is 2.90. The van der Waals surface area contributed by atoms with E-state index in [-0.39, 0.29) is 110 Å². The maximum absolute atomic E-state index is 11.7. The Hall–Kier alpha value is -6.71. The van der Waals surface area contributed by atoms with Gasteiger partial charge in [-0.25, -0.2) is 9.97 Å². The van der Waals surface area contributed by atoms with Gasteiger partial charge in [0.1, 0.15) is 0 Å². The summed E-state index contributed by atoms with van der Waals surface area (Å²) in [4.78, 5) is 36.2. The van der Waals surface area contributed by atoms with Crippen LogP contribution in [0.5, 0.6) is 11.5 Å². The molecule has 0 aliphatic heterocycles. The molecule has 0 unspecified atom stereocenters. The first-order valence-electron chi connectivity index (χ1n) is 18.1. The van der Waals surface area contributed by atoms with Gasteiger partial charge < -0.3 is 51.2 Å². The van der Waals surface area contributed by atoms with Crippen LogP contribution in [0.15, 0.2) is 191 Å². The fourth-order valence-electron chi connectivity index (χ4n) is 4.95. The topological polar surface area (TPSA) is 340 Å². The third-order valence-corrected chi connectivity index (χ3v) is 7.96. The Bertz CT molecular complexity index is 2670. The van der Waals surface area contributed by atoms with Crippen LogP contribution in [0.4, 0.5) is 0 Å². The Labute approximate surface area is 437 Å². The van der Waals surface area contributed by atoms with Crippen molar-refractivity contribution >= 4 is 58.0 Å². The van der Waals surface area contributed by atoms with Crippen molar-refractivity contribution in [2.24, 2.45) is 20.4 Å². The first-order chi connectivity index (χ1) is 30.1. The molecule has 0 fully saturated rings. The number of carboxylic acid groups (broad SMARTS) is 2. The number of hydrogen-bond acceptors (Lipinski definition) is 16. The van der Waals surface area contributed by atoms with Gasteiger partial charge >= 0.3 is 76.3 Å². The Kier molecular flexibility index (Phi) is 26.4. The van der Waals surface area contributed by atoms with Crippen LogP contribution >= 0.6 is 0 Å². The number of nitrogens with zero attached hydrogens (tertiary/aromatic N) is 8. The molecule has 338 valence electrons. The van der Waals surface area contributed by atoms with E-state index in [4.69, 9.17) is 0 Å². The first-order valence-corrected chi connectivity index (χ1v) is 18.1. The third kappa shape index (κ3) is 18.4. The molecular weight excluding hydrogens is 1150 g/mol. The molecule has 0 aliphatic rings. The average Bonchev–Trinajstić information content (AvgIpc) is 3.31. The van der Waals surface area contributed by atoms with Crippen LogP contribution in [0.25, 0.3) is 21.8 Å². The molecule has 20 heteroatoms. The molecule has 8 rings (SSSR count). The molecule has 0 amide bonds. The minimum atomic E-state index is -1.13. The van der Waals surface area contributed by atoms with Crippen molar-refractivity contribution in [1.82, 2.24) is 19.9 Å². The van der Waals surface area contributed by atoms with E-state index in [2.05, 4.69) is 40.3 Å². The standard InChI is InChI=1S/2C16H12N4O2.2C7H6O2.2Dy.2H2O/c2*21-14-3-1-2-11-4-5-13(19-15(11)14)10-18-20-16(22)12-6-8-17-9-7-12;2*8-7(9)6-4-2-1-3-5-6;;;;/h2*1-10,21H,(H,20,22);2*1-5H,(H,8,9);;;2*1H2/q;;;;2*+3;;/p-4/b2*18-10+;;;;;;. The minimum absolute atomic E-state index is 0. The second-order valence-electron chi connectivity index (χ2n) is 12.2. The number of para-hydroxylation sites is 2. The van der Waals surface area contributed by atoms with Crippen LogP contribution in [0.3, 0.4) is 0 Å². The molecule has 0 saturated heterocycles. The molecule has 66 heavy (non-hydrogen) atoms. The summed E-state index contributed by atoms with van der Waals surface area (Å²) < 4.78 is 0. The summed E-state index contributed by atoms with van der Waals surface area (Å²) in [6.45, 7) is 0. The van der Waals surface area contributed by atoms with Crippen LogP contribution in [0, 0.1) is 76.3 Å². The maximum Gasteiger partial charge on any atom is 3.00 e. The predicted molar refractivity (Wildman–Crippen MR) is 230 cm³/mol. The molecule has 2 radical (unpaired) electrons. The number of carboxylic acids is 2. The van der Waals surface area contributed by atoms with Gasteiger partial charge in [-0.2, -0.15) is 20.4 Å². The molecule has 0 atom stereocenters. The summed E-state index contributed by atoms with van der Waals surface area (Å²) in [6.07, 6.45) is 8.70. The van der Waals surface area contributed by atoms with Crippen molar-refractivity contribution in [1.29, 1.82) is 0 Å². The molecule has 4 aromatic heterocycles. The Morgan fingerprint density at radius 1 is 0.424 bits per heavy atom. The predicted octanol–water partition coefficient (Wildman–Crippen LogP) is -0.0548. The quantitative estimate of drug-likeness (QED) is 0.0837. The van der Waals surface area contributed by atoms with Gasteiger partial charge in [0.2, 0.25) is 0 Å². The van der Waals surface area contributed by atoms with Gasteiger partial charge in [0, 0.05) is 36.6 Å². The van der Waals surface area contributed by atoms with Crippen LogP contribution in [-0.4, -0.2) is 56.1 Å². The van der Waals surface area contributed by atoms with Crippen LogP contribution in [0.2, 0.25) is 0 Å². The van der Waals surface area contributed by atoms with Gasteiger partial charge in [-0.1, -0.05) is 121 Å². The largest absolute Gasteiger partial charge is 3.00 e. The van der Waals surface area contributed by atoms with E-state index in [1.165, 1.54) is 73.6 Å². The normalized spacial score (nSPS) is 10.5. The van der Waals surface area contributed by atoms with Gasteiger partial charge in [0.25, 0.3) is 0 Å². The number of fused-ring (bicyclic) bond motifs is 2. The van der Waals surface area contributed by atoms with Gasteiger partial charge in [0.05, 0.1) is 46.8 Å². The number of benzene rings is 4. The van der Waals surface area contributed by atoms with E-state index in [1.54, 1.807) is 97.1 Å². The summed E-state index contributed by atoms with van der Waals surface area (Å²) >= 11 is 0. The zero-order valence-corrected chi connectivity index (χ0v) is 38.0. The molecule has 6 N–H and O–H groups in total.